The Hall–Kier alpha value is -2.70. The summed E-state index contributed by atoms with van der Waals surface area (Å²) < 4.78 is 15.2. The van der Waals surface area contributed by atoms with Crippen LogP contribution in [-0.4, -0.2) is 34.7 Å². The molecule has 2 aromatic rings. The highest BCUT2D eigenvalue weighted by Gasteiger charge is 2.13. The Morgan fingerprint density at radius 2 is 1.84 bits per heavy atom. The number of carbonyl (C=O) groups excluding carboxylic acids is 2. The van der Waals surface area contributed by atoms with E-state index < -0.39 is 5.82 Å². The molecule has 0 aliphatic heterocycles. The second-order valence-corrected chi connectivity index (χ2v) is 6.02. The van der Waals surface area contributed by atoms with Gasteiger partial charge in [0, 0.05) is 37.0 Å². The van der Waals surface area contributed by atoms with E-state index in [-0.39, 0.29) is 30.3 Å². The van der Waals surface area contributed by atoms with Crippen molar-refractivity contribution in [3.63, 3.8) is 0 Å². The van der Waals surface area contributed by atoms with Gasteiger partial charge >= 0.3 is 0 Å². The first-order valence-corrected chi connectivity index (χ1v) is 8.09. The van der Waals surface area contributed by atoms with Gasteiger partial charge in [-0.05, 0) is 38.5 Å². The molecule has 0 bridgehead atoms. The Kier molecular flexibility index (Phi) is 5.90. The molecule has 0 atom stereocenters. The van der Waals surface area contributed by atoms with Crippen LogP contribution in [0.5, 0.6) is 0 Å². The van der Waals surface area contributed by atoms with Crippen molar-refractivity contribution in [1.29, 1.82) is 0 Å². The lowest BCUT2D eigenvalue weighted by atomic mass is 10.1. The van der Waals surface area contributed by atoms with Crippen LogP contribution in [0.3, 0.4) is 0 Å². The molecule has 134 valence electrons. The van der Waals surface area contributed by atoms with Gasteiger partial charge in [-0.25, -0.2) is 4.39 Å². The Morgan fingerprint density at radius 1 is 1.16 bits per heavy atom. The van der Waals surface area contributed by atoms with Gasteiger partial charge < -0.3 is 10.6 Å². The molecule has 0 unspecified atom stereocenters. The van der Waals surface area contributed by atoms with E-state index in [1.165, 1.54) is 6.07 Å². The third-order valence-electron chi connectivity index (χ3n) is 4.16. The molecule has 7 heteroatoms. The van der Waals surface area contributed by atoms with E-state index in [0.29, 0.717) is 12.1 Å². The maximum atomic E-state index is 13.5. The summed E-state index contributed by atoms with van der Waals surface area (Å²) in [5.41, 5.74) is 3.47. The molecule has 1 aromatic carbocycles. The van der Waals surface area contributed by atoms with E-state index >= 15 is 0 Å². The van der Waals surface area contributed by atoms with Crippen molar-refractivity contribution in [2.75, 3.05) is 13.1 Å². The molecule has 2 N–H and O–H groups in total. The molecule has 1 heterocycles. The van der Waals surface area contributed by atoms with Crippen molar-refractivity contribution in [1.82, 2.24) is 20.4 Å². The summed E-state index contributed by atoms with van der Waals surface area (Å²) in [5.74, 6) is -0.912. The van der Waals surface area contributed by atoms with Gasteiger partial charge in [-0.3, -0.25) is 14.3 Å². The number of rotatable bonds is 6. The van der Waals surface area contributed by atoms with Gasteiger partial charge in [-0.1, -0.05) is 6.07 Å². The lowest BCUT2D eigenvalue weighted by Crippen LogP contribution is -2.35. The number of amides is 2. The number of carbonyl (C=O) groups is 2. The zero-order chi connectivity index (χ0) is 18.6. The number of aryl methyl sites for hydroxylation is 3. The lowest BCUT2D eigenvalue weighted by Gasteiger charge is -2.08. The third kappa shape index (κ3) is 4.65. The van der Waals surface area contributed by atoms with Gasteiger partial charge in [-0.15, -0.1) is 0 Å². The summed E-state index contributed by atoms with van der Waals surface area (Å²) in [4.78, 5) is 23.9. The Balaban J connectivity index is 1.77. The average Bonchev–Trinajstić information content (AvgIpc) is 2.80. The summed E-state index contributed by atoms with van der Waals surface area (Å²) in [7, 11) is 1.84. The van der Waals surface area contributed by atoms with Crippen LogP contribution in [0, 0.1) is 26.6 Å². The predicted octanol–water partition coefficient (Wildman–Crippen LogP) is 1.57. The Morgan fingerprint density at radius 3 is 2.44 bits per heavy atom. The summed E-state index contributed by atoms with van der Waals surface area (Å²) >= 11 is 0. The van der Waals surface area contributed by atoms with Crippen LogP contribution in [0.25, 0.3) is 0 Å². The van der Waals surface area contributed by atoms with Crippen molar-refractivity contribution in [2.24, 2.45) is 7.05 Å². The highest BCUT2D eigenvalue weighted by atomic mass is 19.1. The van der Waals surface area contributed by atoms with E-state index in [4.69, 9.17) is 0 Å². The van der Waals surface area contributed by atoms with Crippen LogP contribution >= 0.6 is 0 Å². The molecule has 0 radical (unpaired) electrons. The van der Waals surface area contributed by atoms with Crippen LogP contribution < -0.4 is 10.6 Å². The number of hydrogen-bond acceptors (Lipinski definition) is 3. The smallest absolute Gasteiger partial charge is 0.251 e. The predicted molar refractivity (Wildman–Crippen MR) is 92.9 cm³/mol. The average molecular weight is 346 g/mol. The first-order valence-electron chi connectivity index (χ1n) is 8.09. The van der Waals surface area contributed by atoms with Crippen LogP contribution in [0.4, 0.5) is 4.39 Å². The van der Waals surface area contributed by atoms with E-state index in [9.17, 15) is 14.0 Å². The molecular weight excluding hydrogens is 323 g/mol. The monoisotopic (exact) mass is 346 g/mol. The molecule has 6 nitrogen and oxygen atoms in total. The maximum absolute atomic E-state index is 13.5. The standard InChI is InChI=1S/C18H23FN4O2/c1-11-5-6-14(9-16(11)19)18(25)21-8-7-20-17(24)10-15-12(2)22-23(4)13(15)3/h5-6,9H,7-8,10H2,1-4H3,(H,20,24)(H,21,25). The molecule has 1 aromatic heterocycles. The third-order valence-corrected chi connectivity index (χ3v) is 4.16. The minimum atomic E-state index is -0.414. The fourth-order valence-corrected chi connectivity index (χ4v) is 2.51. The van der Waals surface area contributed by atoms with Gasteiger partial charge in [0.05, 0.1) is 12.1 Å². The quantitative estimate of drug-likeness (QED) is 0.780. The minimum Gasteiger partial charge on any atom is -0.354 e. The van der Waals surface area contributed by atoms with Crippen molar-refractivity contribution in [3.05, 3.63) is 52.1 Å². The van der Waals surface area contributed by atoms with Crippen LogP contribution in [0.15, 0.2) is 18.2 Å². The highest BCUT2D eigenvalue weighted by Crippen LogP contribution is 2.12. The number of nitrogens with one attached hydrogen (secondary N) is 2. The molecule has 25 heavy (non-hydrogen) atoms. The maximum Gasteiger partial charge on any atom is 0.251 e. The van der Waals surface area contributed by atoms with Crippen molar-refractivity contribution in [2.45, 2.75) is 27.2 Å². The Labute approximate surface area is 146 Å². The first kappa shape index (κ1) is 18.6. The zero-order valence-corrected chi connectivity index (χ0v) is 14.9. The largest absolute Gasteiger partial charge is 0.354 e. The van der Waals surface area contributed by atoms with Crippen LogP contribution in [0.1, 0.15) is 32.9 Å². The molecule has 2 amide bonds. The molecule has 0 aliphatic carbocycles. The number of benzene rings is 1. The molecule has 0 saturated carbocycles. The Bertz CT molecular complexity index is 799. The molecular formula is C18H23FN4O2. The topological polar surface area (TPSA) is 76.0 Å². The van der Waals surface area contributed by atoms with Crippen molar-refractivity contribution < 1.29 is 14.0 Å². The summed E-state index contributed by atoms with van der Waals surface area (Å²) in [6, 6.07) is 4.34. The number of hydrogen-bond donors (Lipinski definition) is 2. The van der Waals surface area contributed by atoms with Gasteiger partial charge in [0.2, 0.25) is 5.91 Å². The normalized spacial score (nSPS) is 10.6. The number of nitrogens with zero attached hydrogens (tertiary/aromatic N) is 2. The SMILES string of the molecule is Cc1ccc(C(=O)NCCNC(=O)Cc2c(C)nn(C)c2C)cc1F. The van der Waals surface area contributed by atoms with E-state index in [0.717, 1.165) is 17.0 Å². The summed E-state index contributed by atoms with van der Waals surface area (Å²) in [5, 5.41) is 9.69. The summed E-state index contributed by atoms with van der Waals surface area (Å²) in [6.07, 6.45) is 0.253. The second kappa shape index (κ2) is 7.92. The van der Waals surface area contributed by atoms with E-state index in [2.05, 4.69) is 15.7 Å². The van der Waals surface area contributed by atoms with Gasteiger partial charge in [0.15, 0.2) is 0 Å². The van der Waals surface area contributed by atoms with Crippen molar-refractivity contribution in [3.8, 4) is 0 Å². The number of halogens is 1. The van der Waals surface area contributed by atoms with E-state index in [1.807, 2.05) is 20.9 Å². The van der Waals surface area contributed by atoms with Crippen molar-refractivity contribution >= 4 is 11.8 Å². The lowest BCUT2D eigenvalue weighted by molar-refractivity contribution is -0.120. The molecule has 0 spiro atoms. The molecule has 0 aliphatic rings. The van der Waals surface area contributed by atoms with Crippen LogP contribution in [-0.2, 0) is 18.3 Å². The minimum absolute atomic E-state index is 0.130. The van der Waals surface area contributed by atoms with Crippen LogP contribution in [0.2, 0.25) is 0 Å². The fourth-order valence-electron chi connectivity index (χ4n) is 2.51. The molecule has 0 saturated heterocycles. The van der Waals surface area contributed by atoms with Gasteiger partial charge in [0.1, 0.15) is 5.82 Å². The second-order valence-electron chi connectivity index (χ2n) is 6.02. The number of aromatic nitrogens is 2. The zero-order valence-electron chi connectivity index (χ0n) is 14.9. The first-order chi connectivity index (χ1) is 11.8. The fraction of sp³-hybridized carbons (Fsp3) is 0.389. The van der Waals surface area contributed by atoms with Gasteiger partial charge in [0.25, 0.3) is 5.91 Å². The summed E-state index contributed by atoms with van der Waals surface area (Å²) in [6.45, 7) is 6.00. The highest BCUT2D eigenvalue weighted by molar-refractivity contribution is 5.94. The molecule has 0 fully saturated rings. The molecule has 2 rings (SSSR count). The van der Waals surface area contributed by atoms with Gasteiger partial charge in [-0.2, -0.15) is 5.10 Å². The van der Waals surface area contributed by atoms with E-state index in [1.54, 1.807) is 23.7 Å².